The van der Waals surface area contributed by atoms with Gasteiger partial charge in [0.1, 0.15) is 0 Å². The normalized spacial score (nSPS) is 16.4. The van der Waals surface area contributed by atoms with Crippen molar-refractivity contribution in [2.75, 3.05) is 32.2 Å². The maximum atomic E-state index is 5.26. The number of aromatic nitrogens is 1. The molecule has 5 heteroatoms. The molecule has 0 spiro atoms. The van der Waals surface area contributed by atoms with Crippen LogP contribution in [0.2, 0.25) is 0 Å². The lowest BCUT2D eigenvalue weighted by Gasteiger charge is -2.27. The van der Waals surface area contributed by atoms with Gasteiger partial charge < -0.3 is 15.0 Å². The van der Waals surface area contributed by atoms with Crippen molar-refractivity contribution in [2.45, 2.75) is 51.6 Å². The van der Waals surface area contributed by atoms with E-state index in [2.05, 4.69) is 24.1 Å². The summed E-state index contributed by atoms with van der Waals surface area (Å²) in [4.78, 5) is 8.78. The standard InChI is InChI=1S/C15H27N3OS/c1-5-11(2)18(8-9-19-4)15-17-14(12-6-7-12)13(20-15)10-16-3/h11-12,16H,5-10H2,1-4H3. The molecule has 1 N–H and O–H groups in total. The van der Waals surface area contributed by atoms with Crippen LogP contribution in [0.1, 0.15) is 49.6 Å². The average Bonchev–Trinajstić information content (AvgIpc) is 3.22. The quantitative estimate of drug-likeness (QED) is 0.760. The van der Waals surface area contributed by atoms with Crippen molar-refractivity contribution >= 4 is 16.5 Å². The van der Waals surface area contributed by atoms with Crippen LogP contribution in [0.25, 0.3) is 0 Å². The Labute approximate surface area is 126 Å². The van der Waals surface area contributed by atoms with Crippen LogP contribution >= 0.6 is 11.3 Å². The smallest absolute Gasteiger partial charge is 0.186 e. The molecule has 0 radical (unpaired) electrons. The predicted molar refractivity (Wildman–Crippen MR) is 85.8 cm³/mol. The second-order valence-electron chi connectivity index (χ2n) is 5.55. The molecule has 1 aliphatic rings. The molecule has 1 atom stereocenters. The first-order valence-electron chi connectivity index (χ1n) is 7.61. The third-order valence-electron chi connectivity index (χ3n) is 3.92. The molecule has 0 amide bonds. The molecule has 114 valence electrons. The molecule has 0 bridgehead atoms. The van der Waals surface area contributed by atoms with Crippen LogP contribution in [-0.4, -0.2) is 38.3 Å². The molecule has 20 heavy (non-hydrogen) atoms. The number of methoxy groups -OCH3 is 1. The highest BCUT2D eigenvalue weighted by Gasteiger charge is 2.30. The van der Waals surface area contributed by atoms with Crippen LogP contribution in [0.3, 0.4) is 0 Å². The van der Waals surface area contributed by atoms with Crippen LogP contribution in [0.5, 0.6) is 0 Å². The van der Waals surface area contributed by atoms with E-state index < -0.39 is 0 Å². The van der Waals surface area contributed by atoms with Crippen molar-refractivity contribution < 1.29 is 4.74 Å². The first kappa shape index (κ1) is 15.7. The molecule has 1 heterocycles. The first-order chi connectivity index (χ1) is 9.71. The summed E-state index contributed by atoms with van der Waals surface area (Å²) in [6.45, 7) is 7.11. The van der Waals surface area contributed by atoms with Crippen molar-refractivity contribution in [3.63, 3.8) is 0 Å². The Bertz CT molecular complexity index is 417. The first-order valence-corrected chi connectivity index (χ1v) is 8.42. The molecule has 2 rings (SSSR count). The van der Waals surface area contributed by atoms with Gasteiger partial charge in [-0.2, -0.15) is 0 Å². The zero-order valence-corrected chi connectivity index (χ0v) is 13.9. The summed E-state index contributed by atoms with van der Waals surface area (Å²) < 4.78 is 5.26. The van der Waals surface area contributed by atoms with Gasteiger partial charge in [0.2, 0.25) is 0 Å². The largest absolute Gasteiger partial charge is 0.383 e. The Hall–Kier alpha value is -0.650. The van der Waals surface area contributed by atoms with Crippen LogP contribution in [0.4, 0.5) is 5.13 Å². The molecule has 4 nitrogen and oxygen atoms in total. The van der Waals surface area contributed by atoms with E-state index in [0.717, 1.165) is 26.1 Å². The summed E-state index contributed by atoms with van der Waals surface area (Å²) in [6, 6.07) is 0.505. The lowest BCUT2D eigenvalue weighted by molar-refractivity contribution is 0.203. The van der Waals surface area contributed by atoms with E-state index in [4.69, 9.17) is 9.72 Å². The number of hydrogen-bond donors (Lipinski definition) is 1. The lowest BCUT2D eigenvalue weighted by atomic mass is 10.2. The zero-order valence-electron chi connectivity index (χ0n) is 13.1. The Morgan fingerprint density at radius 3 is 2.80 bits per heavy atom. The molecule has 1 aliphatic carbocycles. The number of rotatable bonds is 9. The number of nitrogens with one attached hydrogen (secondary N) is 1. The maximum Gasteiger partial charge on any atom is 0.186 e. The van der Waals surface area contributed by atoms with Gasteiger partial charge >= 0.3 is 0 Å². The maximum absolute atomic E-state index is 5.26. The topological polar surface area (TPSA) is 37.4 Å². The number of ether oxygens (including phenoxy) is 1. The van der Waals surface area contributed by atoms with Crippen molar-refractivity contribution in [1.82, 2.24) is 10.3 Å². The van der Waals surface area contributed by atoms with Gasteiger partial charge in [-0.3, -0.25) is 0 Å². The van der Waals surface area contributed by atoms with Crippen molar-refractivity contribution in [1.29, 1.82) is 0 Å². The Morgan fingerprint density at radius 2 is 2.25 bits per heavy atom. The van der Waals surface area contributed by atoms with E-state index in [1.165, 1.54) is 28.5 Å². The Balaban J connectivity index is 2.20. The molecule has 1 fully saturated rings. The van der Waals surface area contributed by atoms with Gasteiger partial charge in [0.25, 0.3) is 0 Å². The monoisotopic (exact) mass is 297 g/mol. The number of thiazole rings is 1. The minimum absolute atomic E-state index is 0.505. The highest BCUT2D eigenvalue weighted by atomic mass is 32.1. The number of nitrogens with zero attached hydrogens (tertiary/aromatic N) is 2. The molecule has 0 aromatic carbocycles. The third kappa shape index (κ3) is 3.71. The van der Waals surface area contributed by atoms with Crippen LogP contribution < -0.4 is 10.2 Å². The number of anilines is 1. The van der Waals surface area contributed by atoms with Crippen molar-refractivity contribution in [3.8, 4) is 0 Å². The Kier molecular flexibility index (Phi) is 5.81. The van der Waals surface area contributed by atoms with Gasteiger partial charge in [0.15, 0.2) is 5.13 Å². The predicted octanol–water partition coefficient (Wildman–Crippen LogP) is 2.99. The van der Waals surface area contributed by atoms with Crippen LogP contribution in [0, 0.1) is 0 Å². The van der Waals surface area contributed by atoms with Crippen molar-refractivity contribution in [3.05, 3.63) is 10.6 Å². The fourth-order valence-electron chi connectivity index (χ4n) is 2.35. The molecule has 1 aromatic heterocycles. The highest BCUT2D eigenvalue weighted by molar-refractivity contribution is 7.15. The van der Waals surface area contributed by atoms with Crippen molar-refractivity contribution in [2.24, 2.45) is 0 Å². The van der Waals surface area contributed by atoms with Crippen LogP contribution in [0.15, 0.2) is 0 Å². The second-order valence-corrected chi connectivity index (χ2v) is 6.61. The minimum atomic E-state index is 0.505. The van der Waals surface area contributed by atoms with E-state index in [0.29, 0.717) is 12.0 Å². The van der Waals surface area contributed by atoms with E-state index in [1.54, 1.807) is 7.11 Å². The molecule has 0 saturated heterocycles. The highest BCUT2D eigenvalue weighted by Crippen LogP contribution is 2.44. The molecule has 1 saturated carbocycles. The summed E-state index contributed by atoms with van der Waals surface area (Å²) in [5, 5.41) is 4.44. The fraction of sp³-hybridized carbons (Fsp3) is 0.800. The van der Waals surface area contributed by atoms with E-state index in [9.17, 15) is 0 Å². The van der Waals surface area contributed by atoms with E-state index in [-0.39, 0.29) is 0 Å². The molecule has 1 unspecified atom stereocenters. The zero-order chi connectivity index (χ0) is 14.5. The summed E-state index contributed by atoms with van der Waals surface area (Å²) in [5.41, 5.74) is 1.34. The van der Waals surface area contributed by atoms with Gasteiger partial charge in [-0.25, -0.2) is 4.98 Å². The summed E-state index contributed by atoms with van der Waals surface area (Å²) >= 11 is 1.85. The Morgan fingerprint density at radius 1 is 1.50 bits per heavy atom. The van der Waals surface area contributed by atoms with Gasteiger partial charge in [0, 0.05) is 37.0 Å². The molecular weight excluding hydrogens is 270 g/mol. The molecule has 0 aliphatic heterocycles. The lowest BCUT2D eigenvalue weighted by Crippen LogP contribution is -2.35. The summed E-state index contributed by atoms with van der Waals surface area (Å²) in [7, 11) is 3.77. The van der Waals surface area contributed by atoms with E-state index in [1.807, 2.05) is 18.4 Å². The van der Waals surface area contributed by atoms with Gasteiger partial charge in [-0.1, -0.05) is 6.92 Å². The number of hydrogen-bond acceptors (Lipinski definition) is 5. The molecular formula is C15H27N3OS. The van der Waals surface area contributed by atoms with E-state index >= 15 is 0 Å². The van der Waals surface area contributed by atoms with Gasteiger partial charge in [-0.05, 0) is 33.2 Å². The minimum Gasteiger partial charge on any atom is -0.383 e. The fourth-order valence-corrected chi connectivity index (χ4v) is 3.64. The second kappa shape index (κ2) is 7.38. The summed E-state index contributed by atoms with van der Waals surface area (Å²) in [6.07, 6.45) is 3.74. The van der Waals surface area contributed by atoms with Gasteiger partial charge in [0.05, 0.1) is 12.3 Å². The van der Waals surface area contributed by atoms with Crippen LogP contribution in [-0.2, 0) is 11.3 Å². The van der Waals surface area contributed by atoms with Gasteiger partial charge in [-0.15, -0.1) is 11.3 Å². The molecule has 1 aromatic rings. The average molecular weight is 297 g/mol. The third-order valence-corrected chi connectivity index (χ3v) is 5.03. The summed E-state index contributed by atoms with van der Waals surface area (Å²) in [5.74, 6) is 0.713. The SMILES string of the molecule is CCC(C)N(CCOC)c1nc(C2CC2)c(CNC)s1.